The third-order valence-corrected chi connectivity index (χ3v) is 3.23. The van der Waals surface area contributed by atoms with Gasteiger partial charge in [-0.2, -0.15) is 0 Å². The van der Waals surface area contributed by atoms with E-state index in [0.29, 0.717) is 5.56 Å². The van der Waals surface area contributed by atoms with Gasteiger partial charge in [0.2, 0.25) is 0 Å². The molecular weight excluding hydrogens is 195 g/mol. The van der Waals surface area contributed by atoms with Crippen LogP contribution in [-0.2, 0) is 0 Å². The molecule has 0 saturated heterocycles. The zero-order chi connectivity index (χ0) is 10.1. The minimum atomic E-state index is -0.137. The molecule has 0 aliphatic heterocycles. The highest BCUT2D eigenvalue weighted by Gasteiger charge is 2.03. The van der Waals surface area contributed by atoms with Gasteiger partial charge in [0, 0.05) is 9.75 Å². The molecule has 0 aliphatic carbocycles. The zero-order valence-electron chi connectivity index (χ0n) is 8.17. The Kier molecular flexibility index (Phi) is 2.38. The predicted octanol–water partition coefficient (Wildman–Crippen LogP) is 4.17. The van der Waals surface area contributed by atoms with Crippen molar-refractivity contribution in [2.45, 2.75) is 13.8 Å². The lowest BCUT2D eigenvalue weighted by atomic mass is 10.1. The van der Waals surface area contributed by atoms with Crippen LogP contribution in [0.2, 0.25) is 0 Å². The van der Waals surface area contributed by atoms with Gasteiger partial charge in [0.05, 0.1) is 0 Å². The summed E-state index contributed by atoms with van der Waals surface area (Å²) in [5.74, 6) is -0.137. The highest BCUT2D eigenvalue weighted by Crippen LogP contribution is 2.28. The fourth-order valence-corrected chi connectivity index (χ4v) is 2.25. The number of rotatable bonds is 1. The standard InChI is InChI=1S/C12H11FS/c1-8-7-10(4-5-11(8)13)12-6-3-9(2)14-12/h3-7H,1-2H3. The van der Waals surface area contributed by atoms with E-state index in [1.165, 1.54) is 15.8 Å². The maximum Gasteiger partial charge on any atom is 0.126 e. The monoisotopic (exact) mass is 206 g/mol. The molecule has 1 heterocycles. The number of benzene rings is 1. The van der Waals surface area contributed by atoms with E-state index in [-0.39, 0.29) is 5.82 Å². The Labute approximate surface area is 87.0 Å². The first kappa shape index (κ1) is 9.41. The van der Waals surface area contributed by atoms with Crippen molar-refractivity contribution in [2.75, 3.05) is 0 Å². The first-order chi connectivity index (χ1) is 6.66. The highest BCUT2D eigenvalue weighted by atomic mass is 32.1. The van der Waals surface area contributed by atoms with Crippen molar-refractivity contribution in [3.8, 4) is 10.4 Å². The second-order valence-corrected chi connectivity index (χ2v) is 4.66. The van der Waals surface area contributed by atoms with E-state index < -0.39 is 0 Å². The van der Waals surface area contributed by atoms with Gasteiger partial charge in [-0.25, -0.2) is 4.39 Å². The molecule has 2 aromatic rings. The third-order valence-electron chi connectivity index (χ3n) is 2.18. The van der Waals surface area contributed by atoms with Crippen LogP contribution < -0.4 is 0 Å². The summed E-state index contributed by atoms with van der Waals surface area (Å²) in [5, 5.41) is 0. The Bertz CT molecular complexity index is 457. The quantitative estimate of drug-likeness (QED) is 0.657. The van der Waals surface area contributed by atoms with Gasteiger partial charge in [0.25, 0.3) is 0 Å². The predicted molar refractivity (Wildman–Crippen MR) is 59.2 cm³/mol. The topological polar surface area (TPSA) is 0 Å². The average Bonchev–Trinajstić information content (AvgIpc) is 2.57. The Balaban J connectivity index is 2.47. The number of thiophene rings is 1. The van der Waals surface area contributed by atoms with Gasteiger partial charge in [-0.15, -0.1) is 11.3 Å². The zero-order valence-corrected chi connectivity index (χ0v) is 8.99. The fraction of sp³-hybridized carbons (Fsp3) is 0.167. The van der Waals surface area contributed by atoms with Crippen LogP contribution in [0.1, 0.15) is 10.4 Å². The molecule has 0 unspecified atom stereocenters. The number of hydrogen-bond acceptors (Lipinski definition) is 1. The Morgan fingerprint density at radius 1 is 1.07 bits per heavy atom. The van der Waals surface area contributed by atoms with Crippen LogP contribution in [0.5, 0.6) is 0 Å². The van der Waals surface area contributed by atoms with Crippen LogP contribution in [0, 0.1) is 19.7 Å². The summed E-state index contributed by atoms with van der Waals surface area (Å²) in [6, 6.07) is 9.40. The van der Waals surface area contributed by atoms with Crippen molar-refractivity contribution in [3.63, 3.8) is 0 Å². The normalized spacial score (nSPS) is 10.5. The summed E-state index contributed by atoms with van der Waals surface area (Å²) in [6.45, 7) is 3.86. The third kappa shape index (κ3) is 1.70. The summed E-state index contributed by atoms with van der Waals surface area (Å²) < 4.78 is 13.0. The molecule has 72 valence electrons. The molecule has 2 rings (SSSR count). The second kappa shape index (κ2) is 3.54. The summed E-state index contributed by atoms with van der Waals surface area (Å²) >= 11 is 1.73. The molecule has 1 aromatic heterocycles. The molecule has 0 bridgehead atoms. The van der Waals surface area contributed by atoms with Crippen molar-refractivity contribution in [1.82, 2.24) is 0 Å². The molecule has 2 heteroatoms. The second-order valence-electron chi connectivity index (χ2n) is 3.37. The van der Waals surface area contributed by atoms with E-state index in [0.717, 1.165) is 5.56 Å². The summed E-state index contributed by atoms with van der Waals surface area (Å²) in [7, 11) is 0. The van der Waals surface area contributed by atoms with Crippen LogP contribution in [-0.4, -0.2) is 0 Å². The molecule has 0 radical (unpaired) electrons. The van der Waals surface area contributed by atoms with Gasteiger partial charge in [-0.05, 0) is 49.2 Å². The summed E-state index contributed by atoms with van der Waals surface area (Å²) in [5.41, 5.74) is 1.80. The van der Waals surface area contributed by atoms with Crippen molar-refractivity contribution in [1.29, 1.82) is 0 Å². The number of hydrogen-bond donors (Lipinski definition) is 0. The van der Waals surface area contributed by atoms with Crippen molar-refractivity contribution in [2.24, 2.45) is 0 Å². The van der Waals surface area contributed by atoms with Gasteiger partial charge in [0.15, 0.2) is 0 Å². The molecule has 0 atom stereocenters. The summed E-state index contributed by atoms with van der Waals surface area (Å²) in [4.78, 5) is 2.48. The van der Waals surface area contributed by atoms with Gasteiger partial charge >= 0.3 is 0 Å². The molecular formula is C12H11FS. The minimum absolute atomic E-state index is 0.137. The molecule has 0 aliphatic rings. The Morgan fingerprint density at radius 3 is 2.43 bits per heavy atom. The molecule has 0 saturated carbocycles. The Morgan fingerprint density at radius 2 is 1.86 bits per heavy atom. The first-order valence-corrected chi connectivity index (χ1v) is 5.31. The molecule has 0 nitrogen and oxygen atoms in total. The van der Waals surface area contributed by atoms with Gasteiger partial charge < -0.3 is 0 Å². The van der Waals surface area contributed by atoms with Crippen molar-refractivity contribution in [3.05, 3.63) is 46.6 Å². The molecule has 0 fully saturated rings. The number of aryl methyl sites for hydroxylation is 2. The number of halogens is 1. The lowest BCUT2D eigenvalue weighted by Gasteiger charge is -2.00. The van der Waals surface area contributed by atoms with Gasteiger partial charge in [-0.3, -0.25) is 0 Å². The SMILES string of the molecule is Cc1ccc(-c2ccc(F)c(C)c2)s1. The maximum atomic E-state index is 13.0. The average molecular weight is 206 g/mol. The van der Waals surface area contributed by atoms with Crippen LogP contribution in [0.4, 0.5) is 4.39 Å². The van der Waals surface area contributed by atoms with E-state index in [4.69, 9.17) is 0 Å². The van der Waals surface area contributed by atoms with Crippen LogP contribution in [0.25, 0.3) is 10.4 Å². The minimum Gasteiger partial charge on any atom is -0.207 e. The van der Waals surface area contributed by atoms with Crippen LogP contribution in [0.15, 0.2) is 30.3 Å². The van der Waals surface area contributed by atoms with E-state index in [2.05, 4.69) is 19.1 Å². The van der Waals surface area contributed by atoms with Crippen LogP contribution in [0.3, 0.4) is 0 Å². The van der Waals surface area contributed by atoms with Crippen molar-refractivity contribution >= 4 is 11.3 Å². The molecule has 0 amide bonds. The maximum absolute atomic E-state index is 13.0. The van der Waals surface area contributed by atoms with E-state index >= 15 is 0 Å². The van der Waals surface area contributed by atoms with Crippen LogP contribution >= 0.6 is 11.3 Å². The lowest BCUT2D eigenvalue weighted by molar-refractivity contribution is 0.619. The molecule has 1 aromatic carbocycles. The smallest absolute Gasteiger partial charge is 0.126 e. The van der Waals surface area contributed by atoms with Gasteiger partial charge in [0.1, 0.15) is 5.82 Å². The van der Waals surface area contributed by atoms with E-state index in [1.54, 1.807) is 18.3 Å². The lowest BCUT2D eigenvalue weighted by Crippen LogP contribution is -1.81. The van der Waals surface area contributed by atoms with Gasteiger partial charge in [-0.1, -0.05) is 6.07 Å². The first-order valence-electron chi connectivity index (χ1n) is 4.50. The van der Waals surface area contributed by atoms with Crippen molar-refractivity contribution < 1.29 is 4.39 Å². The fourth-order valence-electron chi connectivity index (χ4n) is 1.39. The van der Waals surface area contributed by atoms with E-state index in [9.17, 15) is 4.39 Å². The highest BCUT2D eigenvalue weighted by molar-refractivity contribution is 7.15. The summed E-state index contributed by atoms with van der Waals surface area (Å²) in [6.07, 6.45) is 0. The molecule has 0 N–H and O–H groups in total. The Hall–Kier alpha value is -1.15. The largest absolute Gasteiger partial charge is 0.207 e. The molecule has 0 spiro atoms. The van der Waals surface area contributed by atoms with E-state index in [1.807, 2.05) is 12.1 Å². The molecule has 14 heavy (non-hydrogen) atoms.